The number of nitrogens with two attached hydrogens (primary N) is 1. The van der Waals surface area contributed by atoms with Gasteiger partial charge in [-0.3, -0.25) is 0 Å². The first kappa shape index (κ1) is 12.0. The number of aliphatic hydroxyl groups excluding tert-OH is 3. The average Bonchev–Trinajstić information content (AvgIpc) is 2.92. The first-order valence-corrected chi connectivity index (χ1v) is 5.74. The molecule has 0 bridgehead atoms. The van der Waals surface area contributed by atoms with Crippen molar-refractivity contribution in [1.29, 1.82) is 0 Å². The van der Waals surface area contributed by atoms with Crippen LogP contribution in [0.25, 0.3) is 11.2 Å². The first-order valence-electron chi connectivity index (χ1n) is 5.74. The summed E-state index contributed by atoms with van der Waals surface area (Å²) in [5.41, 5.74) is 6.91. The Labute approximate surface area is 107 Å². The quantitative estimate of drug-likeness (QED) is 0.490. The lowest BCUT2D eigenvalue weighted by Crippen LogP contribution is -2.29. The molecule has 0 radical (unpaired) electrons. The average molecular weight is 263 g/mol. The minimum Gasteiger partial charge on any atom is -0.392 e. The normalized spacial score (nSPS) is 26.9. The fourth-order valence-corrected chi connectivity index (χ4v) is 2.37. The lowest BCUT2D eigenvalue weighted by atomic mass is 10.1. The van der Waals surface area contributed by atoms with Crippen molar-refractivity contribution >= 4 is 17.0 Å². The molecule has 0 spiro atoms. The van der Waals surface area contributed by atoms with Gasteiger partial charge in [-0.1, -0.05) is 0 Å². The van der Waals surface area contributed by atoms with Crippen LogP contribution in [-0.2, 0) is 0 Å². The Morgan fingerprint density at radius 2 is 2.05 bits per heavy atom. The van der Waals surface area contributed by atoms with Crippen LogP contribution in [0.4, 0.5) is 5.82 Å². The van der Waals surface area contributed by atoms with E-state index in [1.807, 2.05) is 0 Å². The third kappa shape index (κ3) is 1.69. The molecule has 8 nitrogen and oxygen atoms in total. The van der Waals surface area contributed by atoms with Crippen molar-refractivity contribution in [1.82, 2.24) is 19.5 Å². The lowest BCUT2D eigenvalue weighted by Gasteiger charge is -2.21. The molecule has 0 unspecified atom stereocenters. The van der Waals surface area contributed by atoms with Crippen LogP contribution in [0.15, 0.2) is 24.3 Å². The van der Waals surface area contributed by atoms with E-state index >= 15 is 0 Å². The van der Waals surface area contributed by atoms with Gasteiger partial charge >= 0.3 is 0 Å². The van der Waals surface area contributed by atoms with Crippen LogP contribution in [0.2, 0.25) is 0 Å². The molecule has 2 aromatic rings. The van der Waals surface area contributed by atoms with Gasteiger partial charge in [0, 0.05) is 0 Å². The summed E-state index contributed by atoms with van der Waals surface area (Å²) in [6.45, 7) is -0.307. The summed E-state index contributed by atoms with van der Waals surface area (Å²) < 4.78 is 1.54. The highest BCUT2D eigenvalue weighted by molar-refractivity contribution is 5.81. The Bertz CT molecular complexity index is 653. The second-order valence-corrected chi connectivity index (χ2v) is 4.41. The highest BCUT2D eigenvalue weighted by Crippen LogP contribution is 2.32. The van der Waals surface area contributed by atoms with E-state index in [0.29, 0.717) is 16.7 Å². The third-order valence-corrected chi connectivity index (χ3v) is 3.33. The summed E-state index contributed by atoms with van der Waals surface area (Å²) in [4.78, 5) is 12.0. The maximum absolute atomic E-state index is 10.1. The Morgan fingerprint density at radius 3 is 2.74 bits per heavy atom. The van der Waals surface area contributed by atoms with Gasteiger partial charge in [-0.05, 0) is 11.6 Å². The molecule has 3 atom stereocenters. The Kier molecular flexibility index (Phi) is 2.70. The van der Waals surface area contributed by atoms with E-state index in [1.54, 1.807) is 4.57 Å². The maximum Gasteiger partial charge on any atom is 0.165 e. The number of fused-ring (bicyclic) bond motifs is 1. The van der Waals surface area contributed by atoms with E-state index in [0.717, 1.165) is 0 Å². The van der Waals surface area contributed by atoms with Gasteiger partial charge in [0.2, 0.25) is 0 Å². The fraction of sp³-hybridized carbons (Fsp3) is 0.364. The first-order chi connectivity index (χ1) is 9.13. The van der Waals surface area contributed by atoms with Gasteiger partial charge < -0.3 is 25.6 Å². The van der Waals surface area contributed by atoms with E-state index in [1.165, 1.54) is 18.7 Å². The molecule has 19 heavy (non-hydrogen) atoms. The molecule has 1 aliphatic carbocycles. The molecule has 8 heteroatoms. The second kappa shape index (κ2) is 4.26. The number of hydrogen-bond acceptors (Lipinski definition) is 7. The second-order valence-electron chi connectivity index (χ2n) is 4.41. The standard InChI is InChI=1S/C11H13N5O3/c12-10-7-11(14-3-13-10)16(4-15-7)8-6(18)1-5(2-17)9(8)19/h1,3-4,6,8-9,17-19H,2H2,(H2,12,13,14)/t6-,8+,9+/m1/s1. The van der Waals surface area contributed by atoms with E-state index in [4.69, 9.17) is 10.8 Å². The van der Waals surface area contributed by atoms with Crippen molar-refractivity contribution in [3.05, 3.63) is 24.3 Å². The van der Waals surface area contributed by atoms with Crippen molar-refractivity contribution in [2.45, 2.75) is 18.2 Å². The van der Waals surface area contributed by atoms with Crippen molar-refractivity contribution < 1.29 is 15.3 Å². The number of aliphatic hydroxyl groups is 3. The predicted octanol–water partition coefficient (Wildman–Crippen LogP) is -1.40. The molecule has 1 aliphatic rings. The maximum atomic E-state index is 10.1. The van der Waals surface area contributed by atoms with E-state index in [-0.39, 0.29) is 12.4 Å². The molecule has 0 fully saturated rings. The Morgan fingerprint density at radius 1 is 1.26 bits per heavy atom. The number of aromatic nitrogens is 4. The van der Waals surface area contributed by atoms with Gasteiger partial charge in [0.05, 0.1) is 25.1 Å². The molecule has 0 saturated heterocycles. The van der Waals surface area contributed by atoms with Gasteiger partial charge in [-0.2, -0.15) is 0 Å². The van der Waals surface area contributed by atoms with Crippen LogP contribution in [0, 0.1) is 0 Å². The number of nitrogens with zero attached hydrogens (tertiary/aromatic N) is 4. The van der Waals surface area contributed by atoms with Crippen molar-refractivity contribution in [2.75, 3.05) is 12.3 Å². The number of imidazole rings is 1. The van der Waals surface area contributed by atoms with E-state index in [2.05, 4.69) is 15.0 Å². The number of nitrogen functional groups attached to an aromatic ring is 1. The van der Waals surface area contributed by atoms with Gasteiger partial charge in [0.1, 0.15) is 17.9 Å². The summed E-state index contributed by atoms with van der Waals surface area (Å²) in [5, 5.41) is 29.2. The van der Waals surface area contributed by atoms with Crippen LogP contribution in [0.1, 0.15) is 6.04 Å². The monoisotopic (exact) mass is 263 g/mol. The smallest absolute Gasteiger partial charge is 0.165 e. The number of anilines is 1. The van der Waals surface area contributed by atoms with Crippen LogP contribution in [-0.4, -0.2) is 53.7 Å². The zero-order valence-electron chi connectivity index (χ0n) is 9.88. The third-order valence-electron chi connectivity index (χ3n) is 3.33. The van der Waals surface area contributed by atoms with Gasteiger partial charge in [0.25, 0.3) is 0 Å². The Balaban J connectivity index is 2.09. The van der Waals surface area contributed by atoms with Crippen LogP contribution >= 0.6 is 0 Å². The highest BCUT2D eigenvalue weighted by Gasteiger charge is 2.37. The summed E-state index contributed by atoms with van der Waals surface area (Å²) in [6, 6.07) is -0.679. The topological polar surface area (TPSA) is 130 Å². The summed E-state index contributed by atoms with van der Waals surface area (Å²) in [7, 11) is 0. The molecule has 100 valence electrons. The molecule has 0 aromatic carbocycles. The number of hydrogen-bond donors (Lipinski definition) is 4. The lowest BCUT2D eigenvalue weighted by molar-refractivity contribution is 0.0795. The van der Waals surface area contributed by atoms with Crippen LogP contribution in [0.5, 0.6) is 0 Å². The largest absolute Gasteiger partial charge is 0.392 e. The summed E-state index contributed by atoms with van der Waals surface area (Å²) >= 11 is 0. The van der Waals surface area contributed by atoms with Crippen molar-refractivity contribution in [2.24, 2.45) is 0 Å². The minimum atomic E-state index is -0.992. The fourth-order valence-electron chi connectivity index (χ4n) is 2.37. The summed E-state index contributed by atoms with van der Waals surface area (Å²) in [5.74, 6) is 0.237. The minimum absolute atomic E-state index is 0.237. The molecular formula is C11H13N5O3. The molecule has 5 N–H and O–H groups in total. The highest BCUT2D eigenvalue weighted by atomic mass is 16.3. The van der Waals surface area contributed by atoms with E-state index < -0.39 is 18.2 Å². The van der Waals surface area contributed by atoms with Crippen molar-refractivity contribution in [3.8, 4) is 0 Å². The zero-order valence-corrected chi connectivity index (χ0v) is 9.88. The SMILES string of the molecule is Nc1ncnc2c1ncn2[C@H]1[C@H](O)C=C(CO)[C@@H]1O. The molecule has 2 heterocycles. The molecule has 0 saturated carbocycles. The van der Waals surface area contributed by atoms with Gasteiger partial charge in [-0.15, -0.1) is 0 Å². The summed E-state index contributed by atoms with van der Waals surface area (Å²) in [6.07, 6.45) is 2.26. The van der Waals surface area contributed by atoms with Crippen LogP contribution in [0.3, 0.4) is 0 Å². The predicted molar refractivity (Wildman–Crippen MR) is 66.0 cm³/mol. The molecule has 0 aliphatic heterocycles. The number of rotatable bonds is 2. The van der Waals surface area contributed by atoms with Gasteiger partial charge in [0.15, 0.2) is 11.5 Å². The zero-order chi connectivity index (χ0) is 13.6. The molecule has 2 aromatic heterocycles. The molecular weight excluding hydrogens is 250 g/mol. The van der Waals surface area contributed by atoms with Crippen molar-refractivity contribution in [3.63, 3.8) is 0 Å². The Hall–Kier alpha value is -2.03. The van der Waals surface area contributed by atoms with Gasteiger partial charge in [-0.25, -0.2) is 15.0 Å². The van der Waals surface area contributed by atoms with Crippen LogP contribution < -0.4 is 5.73 Å². The molecule has 0 amide bonds. The molecule has 3 rings (SSSR count). The van der Waals surface area contributed by atoms with E-state index in [9.17, 15) is 10.2 Å².